The summed E-state index contributed by atoms with van der Waals surface area (Å²) in [6, 6.07) is 15.9. The highest BCUT2D eigenvalue weighted by molar-refractivity contribution is 6.35. The molecule has 3 N–H and O–H groups in total. The number of nitrogens with zero attached hydrogens (tertiary/aromatic N) is 3. The van der Waals surface area contributed by atoms with Crippen molar-refractivity contribution in [3.05, 3.63) is 65.7 Å². The standard InChI is InChI=1S/C24H26N4O7/c25-21(26-24(33)35-16-17-5-2-1-3-6-17)18-7-9-19(10-8-18)34-14-4-11-27-12-13-28(15-20(29)30)23(32)22(27)31/h1-3,5-10H,4,11-16H2,(H,29,30)(H2,25,26,33). The van der Waals surface area contributed by atoms with Crippen LogP contribution in [0.1, 0.15) is 17.5 Å². The van der Waals surface area contributed by atoms with E-state index in [1.54, 1.807) is 24.3 Å². The van der Waals surface area contributed by atoms with Crippen LogP contribution in [0.2, 0.25) is 0 Å². The minimum absolute atomic E-state index is 0.0137. The summed E-state index contributed by atoms with van der Waals surface area (Å²) < 4.78 is 10.7. The van der Waals surface area contributed by atoms with Gasteiger partial charge in [0.25, 0.3) is 0 Å². The zero-order chi connectivity index (χ0) is 25.2. The third-order valence-electron chi connectivity index (χ3n) is 5.13. The van der Waals surface area contributed by atoms with Crippen LogP contribution in [0.5, 0.6) is 5.75 Å². The van der Waals surface area contributed by atoms with Gasteiger partial charge in [0.05, 0.1) is 6.61 Å². The predicted molar refractivity (Wildman–Crippen MR) is 125 cm³/mol. The molecule has 0 atom stereocenters. The van der Waals surface area contributed by atoms with Gasteiger partial charge in [-0.25, -0.2) is 4.79 Å². The molecule has 11 nitrogen and oxygen atoms in total. The largest absolute Gasteiger partial charge is 0.494 e. The van der Waals surface area contributed by atoms with Crippen LogP contribution in [0.4, 0.5) is 4.79 Å². The Morgan fingerprint density at radius 2 is 1.63 bits per heavy atom. The van der Waals surface area contributed by atoms with E-state index in [2.05, 4.69) is 4.99 Å². The smallest absolute Gasteiger partial charge is 0.435 e. The number of amidine groups is 1. The molecule has 184 valence electrons. The number of hydrogen-bond donors (Lipinski definition) is 2. The first-order valence-electron chi connectivity index (χ1n) is 10.9. The van der Waals surface area contributed by atoms with Gasteiger partial charge in [0.1, 0.15) is 24.7 Å². The molecule has 1 heterocycles. The molecule has 0 aromatic heterocycles. The number of carbonyl (C=O) groups excluding carboxylic acids is 3. The minimum atomic E-state index is -1.16. The van der Waals surface area contributed by atoms with Crippen molar-refractivity contribution in [2.45, 2.75) is 13.0 Å². The summed E-state index contributed by atoms with van der Waals surface area (Å²) >= 11 is 0. The van der Waals surface area contributed by atoms with Crippen molar-refractivity contribution < 1.29 is 33.8 Å². The maximum atomic E-state index is 12.1. The van der Waals surface area contributed by atoms with Crippen LogP contribution in [0.15, 0.2) is 59.6 Å². The number of ether oxygens (including phenoxy) is 2. The monoisotopic (exact) mass is 482 g/mol. The number of carbonyl (C=O) groups is 4. The molecule has 0 bridgehead atoms. The Hall–Kier alpha value is -4.41. The summed E-state index contributed by atoms with van der Waals surface area (Å²) in [5, 5.41) is 8.79. The number of aliphatic imine (C=N–C) groups is 1. The summed E-state index contributed by atoms with van der Waals surface area (Å²) in [5.74, 6) is -2.10. The molecule has 2 aromatic carbocycles. The van der Waals surface area contributed by atoms with E-state index in [1.807, 2.05) is 30.3 Å². The summed E-state index contributed by atoms with van der Waals surface area (Å²) in [7, 11) is 0. The Kier molecular flexibility index (Phi) is 8.76. The fourth-order valence-electron chi connectivity index (χ4n) is 3.32. The summed E-state index contributed by atoms with van der Waals surface area (Å²) in [4.78, 5) is 52.9. The molecule has 11 heteroatoms. The highest BCUT2D eigenvalue weighted by Crippen LogP contribution is 2.13. The molecular weight excluding hydrogens is 456 g/mol. The lowest BCUT2D eigenvalue weighted by molar-refractivity contribution is -0.158. The molecule has 3 amide bonds. The normalized spacial score (nSPS) is 14.1. The van der Waals surface area contributed by atoms with Gasteiger partial charge in [-0.15, -0.1) is 0 Å². The first-order valence-corrected chi connectivity index (χ1v) is 10.9. The van der Waals surface area contributed by atoms with Gasteiger partial charge in [-0.2, -0.15) is 4.99 Å². The molecule has 0 spiro atoms. The number of amides is 3. The zero-order valence-electron chi connectivity index (χ0n) is 19.0. The van der Waals surface area contributed by atoms with E-state index in [1.165, 1.54) is 4.90 Å². The first-order chi connectivity index (χ1) is 16.8. The third-order valence-corrected chi connectivity index (χ3v) is 5.13. The van der Waals surface area contributed by atoms with Gasteiger partial charge in [-0.05, 0) is 36.2 Å². The number of rotatable bonds is 10. The van der Waals surface area contributed by atoms with Crippen LogP contribution in [0, 0.1) is 0 Å². The maximum absolute atomic E-state index is 12.1. The summed E-state index contributed by atoms with van der Waals surface area (Å²) in [6.07, 6.45) is -0.306. The van der Waals surface area contributed by atoms with Crippen molar-refractivity contribution in [2.24, 2.45) is 10.7 Å². The van der Waals surface area contributed by atoms with Crippen LogP contribution in [-0.2, 0) is 25.7 Å². The molecule has 1 aliphatic heterocycles. The lowest BCUT2D eigenvalue weighted by Gasteiger charge is -2.32. The maximum Gasteiger partial charge on any atom is 0.435 e. The average molecular weight is 482 g/mol. The minimum Gasteiger partial charge on any atom is -0.494 e. The molecule has 2 aromatic rings. The first kappa shape index (κ1) is 25.2. The van der Waals surface area contributed by atoms with E-state index < -0.39 is 30.4 Å². The van der Waals surface area contributed by atoms with Gasteiger partial charge in [-0.1, -0.05) is 30.3 Å². The molecule has 0 unspecified atom stereocenters. The van der Waals surface area contributed by atoms with Crippen LogP contribution < -0.4 is 10.5 Å². The summed E-state index contributed by atoms with van der Waals surface area (Å²) in [5.41, 5.74) is 7.25. The number of aliphatic carboxylic acids is 1. The molecule has 3 rings (SSSR count). The fraction of sp³-hybridized carbons (Fsp3) is 0.292. The second kappa shape index (κ2) is 12.2. The topological polar surface area (TPSA) is 152 Å². The van der Waals surface area contributed by atoms with Gasteiger partial charge >= 0.3 is 23.9 Å². The van der Waals surface area contributed by atoms with Crippen molar-refractivity contribution in [3.8, 4) is 5.75 Å². The molecule has 1 saturated heterocycles. The van der Waals surface area contributed by atoms with Gasteiger partial charge in [-0.3, -0.25) is 14.4 Å². The molecule has 0 saturated carbocycles. The molecule has 35 heavy (non-hydrogen) atoms. The van der Waals surface area contributed by atoms with Crippen molar-refractivity contribution in [1.29, 1.82) is 0 Å². The third kappa shape index (κ3) is 7.56. The Balaban J connectivity index is 1.40. The molecule has 1 fully saturated rings. The quantitative estimate of drug-likeness (QED) is 0.222. The van der Waals surface area contributed by atoms with E-state index in [4.69, 9.17) is 20.3 Å². The van der Waals surface area contributed by atoms with Gasteiger partial charge < -0.3 is 30.1 Å². The number of nitrogens with two attached hydrogens (primary N) is 1. The Morgan fingerprint density at radius 3 is 2.31 bits per heavy atom. The summed E-state index contributed by atoms with van der Waals surface area (Å²) in [6.45, 7) is 0.684. The van der Waals surface area contributed by atoms with E-state index >= 15 is 0 Å². The average Bonchev–Trinajstić information content (AvgIpc) is 2.85. The van der Waals surface area contributed by atoms with E-state index in [-0.39, 0.29) is 25.5 Å². The van der Waals surface area contributed by atoms with E-state index in [0.717, 1.165) is 10.5 Å². The van der Waals surface area contributed by atoms with E-state index in [9.17, 15) is 19.2 Å². The van der Waals surface area contributed by atoms with Crippen molar-refractivity contribution in [2.75, 3.05) is 32.8 Å². The molecule has 0 aliphatic carbocycles. The second-order valence-electron chi connectivity index (χ2n) is 7.68. The predicted octanol–water partition coefficient (Wildman–Crippen LogP) is 1.25. The molecule has 1 aliphatic rings. The molecular formula is C24H26N4O7. The van der Waals surface area contributed by atoms with Crippen molar-refractivity contribution in [3.63, 3.8) is 0 Å². The Morgan fingerprint density at radius 1 is 0.971 bits per heavy atom. The number of carboxylic acids is 1. The highest BCUT2D eigenvalue weighted by atomic mass is 16.5. The zero-order valence-corrected chi connectivity index (χ0v) is 19.0. The van der Waals surface area contributed by atoms with Crippen molar-refractivity contribution in [1.82, 2.24) is 9.80 Å². The Labute approximate surface area is 201 Å². The van der Waals surface area contributed by atoms with Crippen LogP contribution >= 0.6 is 0 Å². The number of hydrogen-bond acceptors (Lipinski definition) is 6. The lowest BCUT2D eigenvalue weighted by Crippen LogP contribution is -2.55. The van der Waals surface area contributed by atoms with Crippen LogP contribution in [-0.4, -0.2) is 77.4 Å². The van der Waals surface area contributed by atoms with Crippen molar-refractivity contribution >= 4 is 29.7 Å². The van der Waals surface area contributed by atoms with Crippen LogP contribution in [0.3, 0.4) is 0 Å². The van der Waals surface area contributed by atoms with Crippen LogP contribution in [0.25, 0.3) is 0 Å². The Bertz CT molecular complexity index is 1090. The highest BCUT2D eigenvalue weighted by Gasteiger charge is 2.32. The SMILES string of the molecule is NC(=NC(=O)OCc1ccccc1)c1ccc(OCCCN2CCN(CC(=O)O)C(=O)C2=O)cc1. The number of benzene rings is 2. The fourth-order valence-corrected chi connectivity index (χ4v) is 3.32. The van der Waals surface area contributed by atoms with Gasteiger partial charge in [0.2, 0.25) is 0 Å². The van der Waals surface area contributed by atoms with Gasteiger partial charge in [0, 0.05) is 25.2 Å². The van der Waals surface area contributed by atoms with Gasteiger partial charge in [0.15, 0.2) is 0 Å². The second-order valence-corrected chi connectivity index (χ2v) is 7.68. The number of carboxylic acid groups (broad SMARTS) is 1. The molecule has 0 radical (unpaired) electrons. The number of piperazine rings is 1. The van der Waals surface area contributed by atoms with E-state index in [0.29, 0.717) is 30.9 Å². The lowest BCUT2D eigenvalue weighted by atomic mass is 10.2.